The lowest BCUT2D eigenvalue weighted by Crippen LogP contribution is -2.49. The van der Waals surface area contributed by atoms with Crippen LogP contribution in [0, 0.1) is 5.92 Å². The number of likely N-dealkylation sites (tertiary alicyclic amines) is 1. The summed E-state index contributed by atoms with van der Waals surface area (Å²) in [6.07, 6.45) is 10.9. The minimum atomic E-state index is 0.162. The minimum Gasteiger partial charge on any atom is -0.335 e. The van der Waals surface area contributed by atoms with Crippen LogP contribution in [0.3, 0.4) is 0 Å². The van der Waals surface area contributed by atoms with E-state index in [1.807, 2.05) is 0 Å². The summed E-state index contributed by atoms with van der Waals surface area (Å²) in [4.78, 5) is 14.5. The first kappa shape index (κ1) is 10.8. The third kappa shape index (κ3) is 1.96. The summed E-state index contributed by atoms with van der Waals surface area (Å²) in [5, 5.41) is 6.59. The monoisotopic (exact) mass is 233 g/mol. The van der Waals surface area contributed by atoms with Gasteiger partial charge in [-0.15, -0.1) is 0 Å². The fourth-order valence-corrected chi connectivity index (χ4v) is 3.41. The summed E-state index contributed by atoms with van der Waals surface area (Å²) in [6.45, 7) is 0.922. The molecule has 0 aromatic carbocycles. The van der Waals surface area contributed by atoms with Gasteiger partial charge in [-0.25, -0.2) is 0 Å². The number of fused-ring (bicyclic) bond motifs is 1. The van der Waals surface area contributed by atoms with Crippen molar-refractivity contribution in [2.24, 2.45) is 5.92 Å². The van der Waals surface area contributed by atoms with E-state index in [2.05, 4.69) is 15.1 Å². The van der Waals surface area contributed by atoms with Gasteiger partial charge in [-0.05, 0) is 31.6 Å². The Bertz CT molecular complexity index is 385. The zero-order valence-electron chi connectivity index (χ0n) is 10.1. The Morgan fingerprint density at radius 1 is 1.29 bits per heavy atom. The van der Waals surface area contributed by atoms with Gasteiger partial charge in [0.15, 0.2) is 0 Å². The highest BCUT2D eigenvalue weighted by Crippen LogP contribution is 2.35. The molecule has 4 nitrogen and oxygen atoms in total. The number of hydrogen-bond donors (Lipinski definition) is 1. The van der Waals surface area contributed by atoms with Crippen LogP contribution in [-0.2, 0) is 0 Å². The molecule has 0 bridgehead atoms. The van der Waals surface area contributed by atoms with Crippen LogP contribution in [0.5, 0.6) is 0 Å². The lowest BCUT2D eigenvalue weighted by Gasteiger charge is -2.44. The molecule has 2 aliphatic rings. The average molecular weight is 233 g/mol. The van der Waals surface area contributed by atoms with Gasteiger partial charge >= 0.3 is 0 Å². The number of nitrogens with zero attached hydrogens (tertiary/aromatic N) is 2. The molecule has 1 aromatic rings. The van der Waals surface area contributed by atoms with Crippen LogP contribution in [0.25, 0.3) is 0 Å². The second-order valence-corrected chi connectivity index (χ2v) is 5.24. The Morgan fingerprint density at radius 3 is 2.94 bits per heavy atom. The number of aromatic amines is 1. The SMILES string of the molecule is O=C(c1cn[nH]c1)N1CCCC2CCCCC21. The molecule has 2 atom stereocenters. The molecular weight excluding hydrogens is 214 g/mol. The number of nitrogens with one attached hydrogen (secondary N) is 1. The Hall–Kier alpha value is -1.32. The zero-order chi connectivity index (χ0) is 11.7. The van der Waals surface area contributed by atoms with Crippen molar-refractivity contribution in [2.45, 2.75) is 44.6 Å². The number of carbonyl (C=O) groups is 1. The van der Waals surface area contributed by atoms with Gasteiger partial charge in [-0.2, -0.15) is 5.10 Å². The van der Waals surface area contributed by atoms with Gasteiger partial charge in [0.1, 0.15) is 0 Å². The molecule has 2 unspecified atom stereocenters. The van der Waals surface area contributed by atoms with Crippen molar-refractivity contribution in [1.29, 1.82) is 0 Å². The Morgan fingerprint density at radius 2 is 2.12 bits per heavy atom. The molecule has 2 fully saturated rings. The first-order valence-electron chi connectivity index (χ1n) is 6.66. The van der Waals surface area contributed by atoms with E-state index >= 15 is 0 Å². The molecule has 1 N–H and O–H groups in total. The summed E-state index contributed by atoms with van der Waals surface area (Å²) in [5.41, 5.74) is 0.705. The summed E-state index contributed by atoms with van der Waals surface area (Å²) >= 11 is 0. The average Bonchev–Trinajstić information content (AvgIpc) is 2.91. The van der Waals surface area contributed by atoms with E-state index in [0.29, 0.717) is 11.6 Å². The number of rotatable bonds is 1. The normalized spacial score (nSPS) is 28.8. The predicted octanol–water partition coefficient (Wildman–Crippen LogP) is 2.20. The summed E-state index contributed by atoms with van der Waals surface area (Å²) in [5.74, 6) is 0.906. The van der Waals surface area contributed by atoms with Gasteiger partial charge < -0.3 is 4.90 Å². The quantitative estimate of drug-likeness (QED) is 0.808. The third-order valence-electron chi connectivity index (χ3n) is 4.25. The van der Waals surface area contributed by atoms with E-state index in [0.717, 1.165) is 18.9 Å². The van der Waals surface area contributed by atoms with Gasteiger partial charge in [0.05, 0.1) is 11.8 Å². The molecule has 1 aromatic heterocycles. The van der Waals surface area contributed by atoms with Crippen molar-refractivity contribution in [1.82, 2.24) is 15.1 Å². The lowest BCUT2D eigenvalue weighted by atomic mass is 9.78. The maximum absolute atomic E-state index is 12.4. The number of H-pyrrole nitrogens is 1. The molecular formula is C13H19N3O. The van der Waals surface area contributed by atoms with E-state index in [1.165, 1.54) is 32.1 Å². The van der Waals surface area contributed by atoms with Crippen molar-refractivity contribution in [2.75, 3.05) is 6.54 Å². The van der Waals surface area contributed by atoms with Gasteiger partial charge in [0, 0.05) is 18.8 Å². The van der Waals surface area contributed by atoms with Crippen molar-refractivity contribution >= 4 is 5.91 Å². The summed E-state index contributed by atoms with van der Waals surface area (Å²) in [7, 11) is 0. The fourth-order valence-electron chi connectivity index (χ4n) is 3.41. The first-order chi connectivity index (χ1) is 8.36. The maximum atomic E-state index is 12.4. The van der Waals surface area contributed by atoms with Gasteiger partial charge in [-0.1, -0.05) is 12.8 Å². The van der Waals surface area contributed by atoms with Crippen molar-refractivity contribution < 1.29 is 4.79 Å². The van der Waals surface area contributed by atoms with E-state index in [-0.39, 0.29) is 5.91 Å². The molecule has 17 heavy (non-hydrogen) atoms. The number of piperidine rings is 1. The molecule has 1 saturated heterocycles. The topological polar surface area (TPSA) is 49.0 Å². The van der Waals surface area contributed by atoms with Crippen molar-refractivity contribution in [3.8, 4) is 0 Å². The predicted molar refractivity (Wildman–Crippen MR) is 64.6 cm³/mol. The number of hydrogen-bond acceptors (Lipinski definition) is 2. The second kappa shape index (κ2) is 4.51. The summed E-state index contributed by atoms with van der Waals surface area (Å²) in [6, 6.07) is 0.486. The number of amides is 1. The first-order valence-corrected chi connectivity index (χ1v) is 6.66. The highest BCUT2D eigenvalue weighted by Gasteiger charge is 2.36. The molecule has 2 heterocycles. The molecule has 0 spiro atoms. The fraction of sp³-hybridized carbons (Fsp3) is 0.692. The van der Waals surface area contributed by atoms with E-state index in [9.17, 15) is 4.79 Å². The van der Waals surface area contributed by atoms with Crippen LogP contribution >= 0.6 is 0 Å². The smallest absolute Gasteiger partial charge is 0.257 e. The standard InChI is InChI=1S/C13H19N3O/c17-13(11-8-14-15-9-11)16-7-3-5-10-4-1-2-6-12(10)16/h8-10,12H,1-7H2,(H,14,15). The van der Waals surface area contributed by atoms with Gasteiger partial charge in [-0.3, -0.25) is 9.89 Å². The van der Waals surface area contributed by atoms with Crippen LogP contribution in [0.15, 0.2) is 12.4 Å². The molecule has 4 heteroatoms. The lowest BCUT2D eigenvalue weighted by molar-refractivity contribution is 0.0391. The number of carbonyl (C=O) groups excluding carboxylic acids is 1. The molecule has 0 radical (unpaired) electrons. The highest BCUT2D eigenvalue weighted by molar-refractivity contribution is 5.94. The Balaban J connectivity index is 1.79. The molecule has 1 amide bonds. The third-order valence-corrected chi connectivity index (χ3v) is 4.25. The molecule has 1 saturated carbocycles. The van der Waals surface area contributed by atoms with Crippen LogP contribution in [0.2, 0.25) is 0 Å². The minimum absolute atomic E-state index is 0.162. The molecule has 1 aliphatic heterocycles. The van der Waals surface area contributed by atoms with Crippen molar-refractivity contribution in [3.05, 3.63) is 18.0 Å². The van der Waals surface area contributed by atoms with Crippen LogP contribution in [0.4, 0.5) is 0 Å². The zero-order valence-corrected chi connectivity index (χ0v) is 10.1. The highest BCUT2D eigenvalue weighted by atomic mass is 16.2. The Kier molecular flexibility index (Phi) is 2.87. The number of aromatic nitrogens is 2. The van der Waals surface area contributed by atoms with Crippen LogP contribution < -0.4 is 0 Å². The van der Waals surface area contributed by atoms with E-state index < -0.39 is 0 Å². The second-order valence-electron chi connectivity index (χ2n) is 5.24. The van der Waals surface area contributed by atoms with E-state index in [4.69, 9.17) is 0 Å². The maximum Gasteiger partial charge on any atom is 0.257 e. The summed E-state index contributed by atoms with van der Waals surface area (Å²) < 4.78 is 0. The molecule has 1 aliphatic carbocycles. The van der Waals surface area contributed by atoms with E-state index in [1.54, 1.807) is 12.4 Å². The largest absolute Gasteiger partial charge is 0.335 e. The molecule has 3 rings (SSSR count). The van der Waals surface area contributed by atoms with Crippen molar-refractivity contribution in [3.63, 3.8) is 0 Å². The van der Waals surface area contributed by atoms with Gasteiger partial charge in [0.2, 0.25) is 0 Å². The molecule has 92 valence electrons. The Labute approximate surface area is 101 Å². The van der Waals surface area contributed by atoms with Crippen LogP contribution in [0.1, 0.15) is 48.9 Å². The van der Waals surface area contributed by atoms with Gasteiger partial charge in [0.25, 0.3) is 5.91 Å². The van der Waals surface area contributed by atoms with Crippen LogP contribution in [-0.4, -0.2) is 33.6 Å².